The fourth-order valence-corrected chi connectivity index (χ4v) is 4.08. The summed E-state index contributed by atoms with van der Waals surface area (Å²) in [5, 5.41) is 10.5. The predicted octanol–water partition coefficient (Wildman–Crippen LogP) is 4.56. The Kier molecular flexibility index (Phi) is 5.82. The average Bonchev–Trinajstić information content (AvgIpc) is 2.92. The van der Waals surface area contributed by atoms with Crippen LogP contribution in [0.15, 0.2) is 52.4 Å². The van der Waals surface area contributed by atoms with Gasteiger partial charge in [0.2, 0.25) is 0 Å². The van der Waals surface area contributed by atoms with E-state index in [2.05, 4.69) is 4.98 Å². The summed E-state index contributed by atoms with van der Waals surface area (Å²) in [5.41, 5.74) is 8.23. The van der Waals surface area contributed by atoms with Crippen molar-refractivity contribution in [3.05, 3.63) is 71.2 Å². The van der Waals surface area contributed by atoms with Gasteiger partial charge in [0, 0.05) is 23.2 Å². The van der Waals surface area contributed by atoms with Crippen LogP contribution < -0.4 is 5.73 Å². The fourth-order valence-electron chi connectivity index (χ4n) is 2.84. The third-order valence-corrected chi connectivity index (χ3v) is 5.15. The van der Waals surface area contributed by atoms with Gasteiger partial charge in [0.1, 0.15) is 29.1 Å². The summed E-state index contributed by atoms with van der Waals surface area (Å²) in [5.74, 6) is -0.681. The maximum Gasteiger partial charge on any atom is 0.136 e. The number of benzene rings is 2. The minimum atomic E-state index is -0.632. The van der Waals surface area contributed by atoms with Gasteiger partial charge in [-0.2, -0.15) is 0 Å². The molecule has 0 bridgehead atoms. The Morgan fingerprint density at radius 3 is 2.44 bits per heavy atom. The van der Waals surface area contributed by atoms with Crippen LogP contribution in [0.4, 0.5) is 14.5 Å². The lowest BCUT2D eigenvalue weighted by Gasteiger charge is -2.13. The molecule has 0 spiro atoms. The molecule has 0 aliphatic carbocycles. The Hall–Kier alpha value is -2.38. The first-order chi connectivity index (χ1) is 12.9. The van der Waals surface area contributed by atoms with E-state index >= 15 is 0 Å². The summed E-state index contributed by atoms with van der Waals surface area (Å²) in [4.78, 5) is 5.00. The van der Waals surface area contributed by atoms with Crippen LogP contribution in [0.25, 0.3) is 0 Å². The van der Waals surface area contributed by atoms with E-state index in [1.807, 2.05) is 36.6 Å². The lowest BCUT2D eigenvalue weighted by Crippen LogP contribution is -2.07. The van der Waals surface area contributed by atoms with Crippen molar-refractivity contribution in [1.82, 2.24) is 9.55 Å². The molecule has 0 fully saturated rings. The summed E-state index contributed by atoms with van der Waals surface area (Å²) in [7, 11) is 0. The zero-order chi connectivity index (χ0) is 19.6. The van der Waals surface area contributed by atoms with E-state index in [0.29, 0.717) is 23.0 Å². The van der Waals surface area contributed by atoms with Crippen LogP contribution in [0.2, 0.25) is 0 Å². The Labute approximate surface area is 161 Å². The number of hydrogen-bond donors (Lipinski definition) is 2. The minimum Gasteiger partial charge on any atom is -0.399 e. The minimum absolute atomic E-state index is 0.0818. The van der Waals surface area contributed by atoms with Gasteiger partial charge in [-0.15, -0.1) is 0 Å². The second-order valence-corrected chi connectivity index (χ2v) is 7.63. The first-order valence-corrected chi connectivity index (χ1v) is 9.37. The van der Waals surface area contributed by atoms with E-state index in [-0.39, 0.29) is 12.5 Å². The van der Waals surface area contributed by atoms with Gasteiger partial charge >= 0.3 is 0 Å². The molecule has 0 unspecified atom stereocenters. The zero-order valence-electron chi connectivity index (χ0n) is 15.1. The largest absolute Gasteiger partial charge is 0.399 e. The normalized spacial score (nSPS) is 11.3. The molecule has 0 atom stereocenters. The van der Waals surface area contributed by atoms with Gasteiger partial charge in [-0.05, 0) is 35.7 Å². The molecule has 3 N–H and O–H groups in total. The second kappa shape index (κ2) is 8.10. The van der Waals surface area contributed by atoms with Crippen LogP contribution in [-0.4, -0.2) is 14.7 Å². The Balaban J connectivity index is 2.07. The third kappa shape index (κ3) is 4.48. The SMILES string of the molecule is CC(C)c1nc(CO)n(Cc2cccc(N)c2)c1Sc1cc(F)cc(F)c1. The molecular weight excluding hydrogens is 368 g/mol. The molecule has 4 nitrogen and oxygen atoms in total. The number of anilines is 1. The first-order valence-electron chi connectivity index (χ1n) is 8.56. The highest BCUT2D eigenvalue weighted by atomic mass is 32.2. The van der Waals surface area contributed by atoms with Crippen LogP contribution >= 0.6 is 11.8 Å². The van der Waals surface area contributed by atoms with Crippen LogP contribution in [0, 0.1) is 11.6 Å². The molecule has 0 saturated heterocycles. The number of aromatic nitrogens is 2. The molecule has 1 heterocycles. The molecule has 7 heteroatoms. The van der Waals surface area contributed by atoms with Crippen molar-refractivity contribution in [2.45, 2.75) is 42.8 Å². The second-order valence-electron chi connectivity index (χ2n) is 6.57. The zero-order valence-corrected chi connectivity index (χ0v) is 15.9. The van der Waals surface area contributed by atoms with Crippen LogP contribution in [0.5, 0.6) is 0 Å². The number of aliphatic hydroxyl groups is 1. The number of nitrogen functional groups attached to an aromatic ring is 1. The quantitative estimate of drug-likeness (QED) is 0.607. The number of halogens is 2. The van der Waals surface area contributed by atoms with Gasteiger partial charge in [-0.25, -0.2) is 13.8 Å². The van der Waals surface area contributed by atoms with E-state index in [4.69, 9.17) is 5.73 Å². The Morgan fingerprint density at radius 1 is 1.15 bits per heavy atom. The summed E-state index contributed by atoms with van der Waals surface area (Å²) < 4.78 is 29.1. The molecule has 142 valence electrons. The Morgan fingerprint density at radius 2 is 1.85 bits per heavy atom. The van der Waals surface area contributed by atoms with Crippen LogP contribution in [0.1, 0.15) is 36.8 Å². The predicted molar refractivity (Wildman–Crippen MR) is 103 cm³/mol. The van der Waals surface area contributed by atoms with E-state index in [9.17, 15) is 13.9 Å². The van der Waals surface area contributed by atoms with Crippen molar-refractivity contribution in [1.29, 1.82) is 0 Å². The fraction of sp³-hybridized carbons (Fsp3) is 0.250. The molecule has 1 aromatic heterocycles. The van der Waals surface area contributed by atoms with Gasteiger partial charge in [0.25, 0.3) is 0 Å². The smallest absolute Gasteiger partial charge is 0.136 e. The highest BCUT2D eigenvalue weighted by Crippen LogP contribution is 2.36. The van der Waals surface area contributed by atoms with E-state index < -0.39 is 11.6 Å². The van der Waals surface area contributed by atoms with Crippen molar-refractivity contribution in [3.8, 4) is 0 Å². The highest BCUT2D eigenvalue weighted by Gasteiger charge is 2.21. The number of hydrogen-bond acceptors (Lipinski definition) is 4. The van der Waals surface area contributed by atoms with Gasteiger partial charge < -0.3 is 15.4 Å². The van der Waals surface area contributed by atoms with Crippen LogP contribution in [0.3, 0.4) is 0 Å². The molecule has 3 aromatic rings. The molecule has 3 rings (SSSR count). The van der Waals surface area contributed by atoms with Crippen molar-refractivity contribution < 1.29 is 13.9 Å². The summed E-state index contributed by atoms with van der Waals surface area (Å²) in [6.07, 6.45) is 0. The monoisotopic (exact) mass is 389 g/mol. The van der Waals surface area contributed by atoms with Crippen molar-refractivity contribution in [2.75, 3.05) is 5.73 Å². The van der Waals surface area contributed by atoms with Gasteiger partial charge in [0.15, 0.2) is 0 Å². The maximum absolute atomic E-state index is 13.6. The van der Waals surface area contributed by atoms with E-state index in [0.717, 1.165) is 22.3 Å². The molecule has 2 aromatic carbocycles. The Bertz CT molecular complexity index is 936. The van der Waals surface area contributed by atoms with Gasteiger partial charge in [-0.1, -0.05) is 37.7 Å². The van der Waals surface area contributed by atoms with E-state index in [1.54, 1.807) is 6.07 Å². The lowest BCUT2D eigenvalue weighted by molar-refractivity contribution is 0.265. The molecule has 0 aliphatic rings. The third-order valence-electron chi connectivity index (χ3n) is 4.06. The summed E-state index contributed by atoms with van der Waals surface area (Å²) in [6.45, 7) is 4.19. The molecule has 0 saturated carbocycles. The number of nitrogens with zero attached hydrogens (tertiary/aromatic N) is 2. The number of nitrogens with two attached hydrogens (primary N) is 1. The standard InChI is InChI=1S/C20H21F2N3OS/c1-12(2)19-20(27-17-8-14(21)7-15(22)9-17)25(18(11-26)24-19)10-13-4-3-5-16(23)6-13/h3-9,12,26H,10-11,23H2,1-2H3. The number of imidazole rings is 1. The molecule has 0 radical (unpaired) electrons. The van der Waals surface area contributed by atoms with Crippen molar-refractivity contribution in [2.24, 2.45) is 0 Å². The number of rotatable bonds is 6. The first kappa shape index (κ1) is 19.4. The molecule has 27 heavy (non-hydrogen) atoms. The van der Waals surface area contributed by atoms with E-state index in [1.165, 1.54) is 23.9 Å². The van der Waals surface area contributed by atoms with Gasteiger partial charge in [0.05, 0.1) is 5.69 Å². The molecular formula is C20H21F2N3OS. The molecule has 0 amide bonds. The average molecular weight is 389 g/mol. The lowest BCUT2D eigenvalue weighted by atomic mass is 10.1. The van der Waals surface area contributed by atoms with Crippen molar-refractivity contribution in [3.63, 3.8) is 0 Å². The van der Waals surface area contributed by atoms with Gasteiger partial charge in [-0.3, -0.25) is 0 Å². The number of aliphatic hydroxyl groups excluding tert-OH is 1. The van der Waals surface area contributed by atoms with Crippen molar-refractivity contribution >= 4 is 17.4 Å². The summed E-state index contributed by atoms with van der Waals surface area (Å²) >= 11 is 1.24. The maximum atomic E-state index is 13.6. The highest BCUT2D eigenvalue weighted by molar-refractivity contribution is 7.99. The molecule has 0 aliphatic heterocycles. The topological polar surface area (TPSA) is 64.1 Å². The van der Waals surface area contributed by atoms with Crippen LogP contribution in [-0.2, 0) is 13.2 Å². The summed E-state index contributed by atoms with van der Waals surface area (Å²) in [6, 6.07) is 10.9.